The maximum atomic E-state index is 8.68. The van der Waals surface area contributed by atoms with Gasteiger partial charge in [0.05, 0.1) is 12.5 Å². The van der Waals surface area contributed by atoms with Crippen molar-refractivity contribution in [2.75, 3.05) is 11.1 Å². The van der Waals surface area contributed by atoms with Crippen LogP contribution < -0.4 is 5.32 Å². The first-order valence-corrected chi connectivity index (χ1v) is 6.59. The molecule has 1 aromatic rings. The van der Waals surface area contributed by atoms with E-state index in [1.807, 2.05) is 11.8 Å². The highest BCUT2D eigenvalue weighted by molar-refractivity contribution is 7.99. The van der Waals surface area contributed by atoms with Crippen LogP contribution in [-0.2, 0) is 0 Å². The highest BCUT2D eigenvalue weighted by atomic mass is 32.2. The van der Waals surface area contributed by atoms with Gasteiger partial charge in [0, 0.05) is 22.4 Å². The van der Waals surface area contributed by atoms with E-state index in [-0.39, 0.29) is 0 Å². The van der Waals surface area contributed by atoms with Crippen LogP contribution in [0.4, 0.5) is 5.69 Å². The molecule has 1 aromatic carbocycles. The number of nitrogens with one attached hydrogen (secondary N) is 1. The van der Waals surface area contributed by atoms with Crippen LogP contribution in [0.5, 0.6) is 0 Å². The number of hydrogen-bond acceptors (Lipinski definition) is 3. The summed E-state index contributed by atoms with van der Waals surface area (Å²) < 4.78 is 0. The average Bonchev–Trinajstić information content (AvgIpc) is 2.28. The van der Waals surface area contributed by atoms with Crippen LogP contribution >= 0.6 is 11.8 Å². The Bertz CT molecular complexity index is 420. The molecule has 84 valence electrons. The third-order valence-electron chi connectivity index (χ3n) is 2.81. The minimum Gasteiger partial charge on any atom is -0.380 e. The van der Waals surface area contributed by atoms with Gasteiger partial charge in [0.15, 0.2) is 0 Å². The molecule has 0 amide bonds. The van der Waals surface area contributed by atoms with Gasteiger partial charge in [-0.15, -0.1) is 11.8 Å². The predicted molar refractivity (Wildman–Crippen MR) is 68.9 cm³/mol. The van der Waals surface area contributed by atoms with Gasteiger partial charge in [-0.05, 0) is 23.6 Å². The van der Waals surface area contributed by atoms with Gasteiger partial charge in [-0.1, -0.05) is 19.9 Å². The number of nitriles is 1. The number of thioether (sulfide) groups is 1. The summed E-state index contributed by atoms with van der Waals surface area (Å²) in [7, 11) is 0. The van der Waals surface area contributed by atoms with Crippen LogP contribution in [-0.4, -0.2) is 11.8 Å². The summed E-state index contributed by atoms with van der Waals surface area (Å²) in [4.78, 5) is 1.32. The molecular weight excluding hydrogens is 216 g/mol. The van der Waals surface area contributed by atoms with Crippen molar-refractivity contribution in [2.45, 2.75) is 37.1 Å². The van der Waals surface area contributed by atoms with Crippen LogP contribution in [0.3, 0.4) is 0 Å². The standard InChI is InChI=1S/C13H16N2S/c1-9(2)10-3-4-12-13(7-10)16-8-11(15-12)5-6-14/h3-4,7,9,11,15H,5,8H2,1-2H3. The van der Waals surface area contributed by atoms with E-state index in [0.717, 1.165) is 5.75 Å². The van der Waals surface area contributed by atoms with Crippen molar-refractivity contribution < 1.29 is 0 Å². The van der Waals surface area contributed by atoms with Gasteiger partial charge < -0.3 is 5.32 Å². The molecule has 1 heterocycles. The minimum atomic E-state index is 0.299. The molecular formula is C13H16N2S. The van der Waals surface area contributed by atoms with Crippen molar-refractivity contribution in [3.63, 3.8) is 0 Å². The van der Waals surface area contributed by atoms with E-state index in [0.29, 0.717) is 18.4 Å². The Morgan fingerprint density at radius 3 is 3.06 bits per heavy atom. The number of benzene rings is 1. The number of nitrogens with zero attached hydrogens (tertiary/aromatic N) is 1. The van der Waals surface area contributed by atoms with E-state index in [9.17, 15) is 0 Å². The van der Waals surface area contributed by atoms with E-state index in [2.05, 4.69) is 43.4 Å². The fourth-order valence-corrected chi connectivity index (χ4v) is 2.89. The third kappa shape index (κ3) is 2.33. The monoisotopic (exact) mass is 232 g/mol. The topological polar surface area (TPSA) is 35.8 Å². The van der Waals surface area contributed by atoms with Gasteiger partial charge in [0.1, 0.15) is 0 Å². The first-order valence-electron chi connectivity index (χ1n) is 5.61. The van der Waals surface area contributed by atoms with Crippen LogP contribution in [0.2, 0.25) is 0 Å². The Balaban J connectivity index is 2.19. The molecule has 1 aliphatic heterocycles. The second-order valence-corrected chi connectivity index (χ2v) is 5.49. The summed E-state index contributed by atoms with van der Waals surface area (Å²) in [5.41, 5.74) is 2.56. The fourth-order valence-electron chi connectivity index (χ4n) is 1.81. The number of fused-ring (bicyclic) bond motifs is 1. The molecule has 0 aromatic heterocycles. The molecule has 0 aliphatic carbocycles. The maximum absolute atomic E-state index is 8.68. The average molecular weight is 232 g/mol. The van der Waals surface area contributed by atoms with Crippen LogP contribution in [0.15, 0.2) is 23.1 Å². The molecule has 1 N–H and O–H groups in total. The Hall–Kier alpha value is -1.14. The lowest BCUT2D eigenvalue weighted by atomic mass is 10.0. The largest absolute Gasteiger partial charge is 0.380 e. The summed E-state index contributed by atoms with van der Waals surface area (Å²) in [6.07, 6.45) is 0.582. The SMILES string of the molecule is CC(C)c1ccc2c(c1)SCC(CC#N)N2. The van der Waals surface area contributed by atoms with Gasteiger partial charge in [-0.25, -0.2) is 0 Å². The molecule has 0 fully saturated rings. The van der Waals surface area contributed by atoms with Gasteiger partial charge >= 0.3 is 0 Å². The van der Waals surface area contributed by atoms with E-state index < -0.39 is 0 Å². The zero-order valence-corrected chi connectivity index (χ0v) is 10.5. The van der Waals surface area contributed by atoms with Crippen molar-refractivity contribution in [1.82, 2.24) is 0 Å². The Labute approximate surface area is 101 Å². The number of hydrogen-bond donors (Lipinski definition) is 1. The summed E-state index contributed by atoms with van der Waals surface area (Å²) in [6, 6.07) is 9.10. The third-order valence-corrected chi connectivity index (χ3v) is 4.03. The van der Waals surface area contributed by atoms with E-state index >= 15 is 0 Å². The van der Waals surface area contributed by atoms with Crippen molar-refractivity contribution in [3.05, 3.63) is 23.8 Å². The zero-order valence-electron chi connectivity index (χ0n) is 9.66. The minimum absolute atomic E-state index is 0.299. The van der Waals surface area contributed by atoms with Crippen molar-refractivity contribution in [3.8, 4) is 6.07 Å². The smallest absolute Gasteiger partial charge is 0.0643 e. The second-order valence-electron chi connectivity index (χ2n) is 4.42. The molecule has 0 bridgehead atoms. The van der Waals surface area contributed by atoms with E-state index in [4.69, 9.17) is 5.26 Å². The Morgan fingerprint density at radius 2 is 2.38 bits per heavy atom. The molecule has 0 saturated heterocycles. The molecule has 0 saturated carbocycles. The van der Waals surface area contributed by atoms with Crippen LogP contribution in [0.1, 0.15) is 31.7 Å². The fraction of sp³-hybridized carbons (Fsp3) is 0.462. The summed E-state index contributed by atoms with van der Waals surface area (Å²) in [6.45, 7) is 4.42. The molecule has 2 rings (SSSR count). The molecule has 1 aliphatic rings. The molecule has 1 unspecified atom stereocenters. The van der Waals surface area contributed by atoms with Crippen molar-refractivity contribution >= 4 is 17.4 Å². The van der Waals surface area contributed by atoms with Gasteiger partial charge in [-0.2, -0.15) is 5.26 Å². The summed E-state index contributed by atoms with van der Waals surface area (Å²) in [5, 5.41) is 12.1. The number of anilines is 1. The number of rotatable bonds is 2. The Morgan fingerprint density at radius 1 is 1.56 bits per heavy atom. The second kappa shape index (κ2) is 4.80. The zero-order chi connectivity index (χ0) is 11.5. The van der Waals surface area contributed by atoms with Crippen LogP contribution in [0.25, 0.3) is 0 Å². The quantitative estimate of drug-likeness (QED) is 0.846. The first-order chi connectivity index (χ1) is 7.70. The highest BCUT2D eigenvalue weighted by Crippen LogP contribution is 2.35. The summed E-state index contributed by atoms with van der Waals surface area (Å²) in [5.74, 6) is 1.56. The Kier molecular flexibility index (Phi) is 3.40. The maximum Gasteiger partial charge on any atom is 0.0643 e. The van der Waals surface area contributed by atoms with E-state index in [1.165, 1.54) is 16.1 Å². The molecule has 0 spiro atoms. The molecule has 3 heteroatoms. The van der Waals surface area contributed by atoms with Gasteiger partial charge in [-0.3, -0.25) is 0 Å². The predicted octanol–water partition coefficient (Wildman–Crippen LogP) is 3.61. The summed E-state index contributed by atoms with van der Waals surface area (Å²) >= 11 is 1.85. The lowest BCUT2D eigenvalue weighted by Gasteiger charge is -2.25. The van der Waals surface area contributed by atoms with Gasteiger partial charge in [0.25, 0.3) is 0 Å². The molecule has 2 nitrogen and oxygen atoms in total. The van der Waals surface area contributed by atoms with E-state index in [1.54, 1.807) is 0 Å². The lowest BCUT2D eigenvalue weighted by Crippen LogP contribution is -2.25. The van der Waals surface area contributed by atoms with Crippen molar-refractivity contribution in [1.29, 1.82) is 5.26 Å². The highest BCUT2D eigenvalue weighted by Gasteiger charge is 2.18. The molecule has 1 atom stereocenters. The van der Waals surface area contributed by atoms with Crippen LogP contribution in [0, 0.1) is 11.3 Å². The molecule has 0 radical (unpaired) electrons. The van der Waals surface area contributed by atoms with Gasteiger partial charge in [0.2, 0.25) is 0 Å². The lowest BCUT2D eigenvalue weighted by molar-refractivity contribution is 0.815. The normalized spacial score (nSPS) is 18.8. The van der Waals surface area contributed by atoms with Crippen molar-refractivity contribution in [2.24, 2.45) is 0 Å². The molecule has 16 heavy (non-hydrogen) atoms. The first kappa shape index (κ1) is 11.3.